The molecule has 0 spiro atoms. The van der Waals surface area contributed by atoms with E-state index in [1.165, 1.54) is 36.4 Å². The second-order valence-electron chi connectivity index (χ2n) is 6.49. The lowest BCUT2D eigenvalue weighted by Crippen LogP contribution is -2.32. The molecule has 6 nitrogen and oxygen atoms in total. The summed E-state index contributed by atoms with van der Waals surface area (Å²) in [4.78, 5) is 0.0239. The molecule has 2 aromatic rings. The fourth-order valence-electron chi connectivity index (χ4n) is 2.89. The molecule has 10 heteroatoms. The van der Waals surface area contributed by atoms with Crippen LogP contribution >= 0.6 is 0 Å². The zero-order chi connectivity index (χ0) is 21.1. The summed E-state index contributed by atoms with van der Waals surface area (Å²) in [6.45, 7) is 0.511. The lowest BCUT2D eigenvalue weighted by Gasteiger charge is -2.17. The van der Waals surface area contributed by atoms with Crippen molar-refractivity contribution in [3.05, 3.63) is 48.5 Å². The largest absolute Gasteiger partial charge is 0.573 e. The molecule has 0 aromatic heterocycles. The molecule has 0 saturated carbocycles. The number of rotatable bonds is 7. The molecule has 1 fully saturated rings. The van der Waals surface area contributed by atoms with Crippen molar-refractivity contribution < 1.29 is 40.9 Å². The lowest BCUT2D eigenvalue weighted by molar-refractivity contribution is -0.274. The van der Waals surface area contributed by atoms with Gasteiger partial charge in [0, 0.05) is 6.61 Å². The summed E-state index contributed by atoms with van der Waals surface area (Å²) in [6.07, 6.45) is -4.94. The molecule has 1 unspecified atom stereocenters. The van der Waals surface area contributed by atoms with E-state index in [0.717, 1.165) is 18.6 Å². The molecule has 2 aromatic carbocycles. The van der Waals surface area contributed by atoms with Gasteiger partial charge in [-0.1, -0.05) is 0 Å². The summed E-state index contributed by atoms with van der Waals surface area (Å²) in [6, 6.07) is 10.3. The van der Waals surface area contributed by atoms with Gasteiger partial charge in [-0.25, -0.2) is 8.42 Å². The van der Waals surface area contributed by atoms with Gasteiger partial charge in [0.25, 0.3) is 0 Å². The highest BCUT2D eigenvalue weighted by Crippen LogP contribution is 2.28. The summed E-state index contributed by atoms with van der Waals surface area (Å²) >= 11 is 0. The highest BCUT2D eigenvalue weighted by Gasteiger charge is 2.31. The standard InChI is InChI=1S/C19H19F3O6S/c20-19(21,22)28-15-5-3-13(4-6-15)27-14-7-9-16(10-8-14)29(24,25)12-17(23)18-2-1-11-26-18/h3-10,17-18,23H,1-2,11-12H2/t17-,18?/m1/s1. The van der Waals surface area contributed by atoms with Crippen LogP contribution in [0, 0.1) is 0 Å². The lowest BCUT2D eigenvalue weighted by atomic mass is 10.1. The Hall–Kier alpha value is -2.30. The SMILES string of the molecule is O=S(=O)(C[C@@H](O)C1CCCO1)c1ccc(Oc2ccc(OC(F)(F)F)cc2)cc1. The Morgan fingerprint density at radius 1 is 1.03 bits per heavy atom. The summed E-state index contributed by atoms with van der Waals surface area (Å²) in [5, 5.41) is 10.1. The Balaban J connectivity index is 1.62. The first-order valence-corrected chi connectivity index (χ1v) is 10.4. The van der Waals surface area contributed by atoms with Gasteiger partial charge >= 0.3 is 6.36 Å². The minimum atomic E-state index is -4.78. The average Bonchev–Trinajstić information content (AvgIpc) is 3.17. The van der Waals surface area contributed by atoms with E-state index >= 15 is 0 Å². The minimum absolute atomic E-state index is 0.0239. The number of alkyl halides is 3. The van der Waals surface area contributed by atoms with Crippen LogP contribution in [0.1, 0.15) is 12.8 Å². The summed E-state index contributed by atoms with van der Waals surface area (Å²) in [5.41, 5.74) is 0. The maximum absolute atomic E-state index is 12.5. The van der Waals surface area contributed by atoms with Crippen LogP contribution in [-0.2, 0) is 14.6 Å². The molecule has 1 heterocycles. The van der Waals surface area contributed by atoms with Gasteiger partial charge in [0.1, 0.15) is 17.2 Å². The van der Waals surface area contributed by atoms with Crippen LogP contribution in [-0.4, -0.2) is 44.5 Å². The third-order valence-corrected chi connectivity index (χ3v) is 6.03. The average molecular weight is 432 g/mol. The Labute approximate surface area is 165 Å². The van der Waals surface area contributed by atoms with Crippen molar-refractivity contribution >= 4 is 9.84 Å². The zero-order valence-corrected chi connectivity index (χ0v) is 15.9. The monoisotopic (exact) mass is 432 g/mol. The van der Waals surface area contributed by atoms with Crippen molar-refractivity contribution in [2.75, 3.05) is 12.4 Å². The molecule has 0 bridgehead atoms. The van der Waals surface area contributed by atoms with Crippen LogP contribution in [0.3, 0.4) is 0 Å². The fraction of sp³-hybridized carbons (Fsp3) is 0.368. The molecule has 0 amide bonds. The molecule has 1 N–H and O–H groups in total. The predicted octanol–water partition coefficient (Wildman–Crippen LogP) is 3.69. The van der Waals surface area contributed by atoms with Crippen LogP contribution < -0.4 is 9.47 Å². The normalized spacial score (nSPS) is 18.4. The number of aliphatic hydroxyl groups is 1. The Bertz CT molecular complexity index is 904. The van der Waals surface area contributed by atoms with Crippen LogP contribution in [0.4, 0.5) is 13.2 Å². The van der Waals surface area contributed by atoms with Crippen molar-refractivity contribution in [1.82, 2.24) is 0 Å². The summed E-state index contributed by atoms with van der Waals surface area (Å²) in [7, 11) is -3.72. The first-order valence-electron chi connectivity index (χ1n) is 8.78. The van der Waals surface area contributed by atoms with Crippen LogP contribution in [0.2, 0.25) is 0 Å². The molecule has 1 saturated heterocycles. The molecular formula is C19H19F3O6S. The van der Waals surface area contributed by atoms with Gasteiger partial charge in [0.2, 0.25) is 0 Å². The summed E-state index contributed by atoms with van der Waals surface area (Å²) < 4.78 is 76.0. The first-order chi connectivity index (χ1) is 13.6. The minimum Gasteiger partial charge on any atom is -0.457 e. The first kappa shape index (κ1) is 21.4. The molecule has 1 aliphatic rings. The van der Waals surface area contributed by atoms with Crippen LogP contribution in [0.25, 0.3) is 0 Å². The van der Waals surface area contributed by atoms with Crippen LogP contribution in [0.5, 0.6) is 17.2 Å². The van der Waals surface area contributed by atoms with Gasteiger partial charge < -0.3 is 19.3 Å². The predicted molar refractivity (Wildman–Crippen MR) is 96.7 cm³/mol. The molecule has 1 aliphatic heterocycles. The van der Waals surface area contributed by atoms with E-state index in [9.17, 15) is 26.7 Å². The highest BCUT2D eigenvalue weighted by atomic mass is 32.2. The van der Waals surface area contributed by atoms with Gasteiger partial charge in [-0.05, 0) is 61.4 Å². The Kier molecular flexibility index (Phi) is 6.35. The van der Waals surface area contributed by atoms with E-state index in [2.05, 4.69) is 4.74 Å². The van der Waals surface area contributed by atoms with Gasteiger partial charge in [-0.3, -0.25) is 0 Å². The maximum atomic E-state index is 12.5. The number of hydrogen-bond acceptors (Lipinski definition) is 6. The maximum Gasteiger partial charge on any atom is 0.573 e. The molecular weight excluding hydrogens is 413 g/mol. The number of aliphatic hydroxyl groups excluding tert-OH is 1. The van der Waals surface area contributed by atoms with Gasteiger partial charge in [-0.15, -0.1) is 13.2 Å². The Morgan fingerprint density at radius 3 is 2.10 bits per heavy atom. The van der Waals surface area contributed by atoms with Crippen molar-refractivity contribution in [2.45, 2.75) is 36.3 Å². The van der Waals surface area contributed by atoms with E-state index in [0.29, 0.717) is 18.8 Å². The third kappa shape index (κ3) is 6.09. The van der Waals surface area contributed by atoms with Crippen molar-refractivity contribution in [3.63, 3.8) is 0 Å². The number of ether oxygens (including phenoxy) is 3. The van der Waals surface area contributed by atoms with E-state index < -0.39 is 34.2 Å². The molecule has 3 rings (SSSR count). The third-order valence-electron chi connectivity index (χ3n) is 4.26. The summed E-state index contributed by atoms with van der Waals surface area (Å²) in [5.74, 6) is -0.272. The van der Waals surface area contributed by atoms with Crippen molar-refractivity contribution in [2.24, 2.45) is 0 Å². The van der Waals surface area contributed by atoms with E-state index in [1.54, 1.807) is 0 Å². The highest BCUT2D eigenvalue weighted by molar-refractivity contribution is 7.91. The molecule has 29 heavy (non-hydrogen) atoms. The molecule has 0 radical (unpaired) electrons. The van der Waals surface area contributed by atoms with Gasteiger partial charge in [-0.2, -0.15) is 0 Å². The van der Waals surface area contributed by atoms with Crippen molar-refractivity contribution in [1.29, 1.82) is 0 Å². The van der Waals surface area contributed by atoms with E-state index in [1.807, 2.05) is 0 Å². The van der Waals surface area contributed by atoms with Crippen LogP contribution in [0.15, 0.2) is 53.4 Å². The quantitative estimate of drug-likeness (QED) is 0.719. The number of sulfone groups is 1. The smallest absolute Gasteiger partial charge is 0.457 e. The zero-order valence-electron chi connectivity index (χ0n) is 15.1. The fourth-order valence-corrected chi connectivity index (χ4v) is 4.30. The number of hydrogen-bond donors (Lipinski definition) is 1. The molecule has 158 valence electrons. The van der Waals surface area contributed by atoms with Gasteiger partial charge in [0.15, 0.2) is 9.84 Å². The van der Waals surface area contributed by atoms with Crippen molar-refractivity contribution in [3.8, 4) is 17.2 Å². The van der Waals surface area contributed by atoms with Gasteiger partial charge in [0.05, 0.1) is 22.9 Å². The van der Waals surface area contributed by atoms with E-state index in [4.69, 9.17) is 9.47 Å². The second kappa shape index (κ2) is 8.60. The Morgan fingerprint density at radius 2 is 1.59 bits per heavy atom. The number of benzene rings is 2. The molecule has 0 aliphatic carbocycles. The molecule has 2 atom stereocenters. The second-order valence-corrected chi connectivity index (χ2v) is 8.53. The van der Waals surface area contributed by atoms with E-state index in [-0.39, 0.29) is 16.4 Å². The number of halogens is 3. The topological polar surface area (TPSA) is 82.1 Å².